The van der Waals surface area contributed by atoms with Gasteiger partial charge in [0.15, 0.2) is 0 Å². The van der Waals surface area contributed by atoms with Gasteiger partial charge in [-0.15, -0.1) is 0 Å². The van der Waals surface area contributed by atoms with Gasteiger partial charge in [-0.05, 0) is 122 Å². The number of hydrogen-bond acceptors (Lipinski definition) is 3. The number of fused-ring (bicyclic) bond motifs is 5. The maximum atomic E-state index is 16.1. The van der Waals surface area contributed by atoms with Crippen LogP contribution < -0.4 is 0 Å². The Morgan fingerprint density at radius 3 is 2.54 bits per heavy atom. The van der Waals surface area contributed by atoms with Crippen molar-refractivity contribution < 1.29 is 19.4 Å². The maximum absolute atomic E-state index is 16.1. The first-order chi connectivity index (χ1) is 22.3. The smallest absolute Gasteiger partial charge is 0.222 e. The second kappa shape index (κ2) is 15.2. The number of alkyl halides is 1. The van der Waals surface area contributed by atoms with E-state index >= 15 is 4.39 Å². The molecule has 0 aromatic heterocycles. The molecule has 7 atom stereocenters. The molecule has 0 bridgehead atoms. The third kappa shape index (κ3) is 7.50. The van der Waals surface area contributed by atoms with Gasteiger partial charge in [0.2, 0.25) is 5.91 Å². The zero-order chi connectivity index (χ0) is 32.1. The second-order valence-corrected chi connectivity index (χ2v) is 15.8. The van der Waals surface area contributed by atoms with Gasteiger partial charge in [-0.3, -0.25) is 4.79 Å². The molecule has 0 saturated heterocycles. The van der Waals surface area contributed by atoms with Gasteiger partial charge >= 0.3 is 0 Å². The van der Waals surface area contributed by atoms with Crippen molar-refractivity contribution >= 4 is 5.91 Å². The fourth-order valence-corrected chi connectivity index (χ4v) is 10.3. The van der Waals surface area contributed by atoms with E-state index < -0.39 is 12.3 Å². The number of aryl methyl sites for hydroxylation is 1. The Balaban J connectivity index is 1.03. The molecular weight excluding hydrogens is 573 g/mol. The zero-order valence-corrected chi connectivity index (χ0v) is 28.2. The molecule has 252 valence electrons. The third-order valence-corrected chi connectivity index (χ3v) is 12.8. The van der Waals surface area contributed by atoms with E-state index in [1.54, 1.807) is 6.07 Å². The monoisotopic (exact) mass is 631 g/mol. The number of aliphatic hydroxyl groups excluding tert-OH is 1. The van der Waals surface area contributed by atoms with Gasteiger partial charge in [-0.1, -0.05) is 81.8 Å². The predicted octanol–water partition coefficient (Wildman–Crippen LogP) is 9.17. The van der Waals surface area contributed by atoms with Crippen LogP contribution >= 0.6 is 0 Å². The summed E-state index contributed by atoms with van der Waals surface area (Å²) in [7, 11) is 0. The molecule has 2 aromatic rings. The summed E-state index contributed by atoms with van der Waals surface area (Å²) in [6, 6.07) is 16.1. The second-order valence-electron chi connectivity index (χ2n) is 15.8. The Labute approximate surface area is 277 Å². The summed E-state index contributed by atoms with van der Waals surface area (Å²) in [6.45, 7) is 3.94. The molecule has 0 radical (unpaired) electrons. The molecule has 3 unspecified atom stereocenters. The Morgan fingerprint density at radius 2 is 1.74 bits per heavy atom. The van der Waals surface area contributed by atoms with Crippen molar-refractivity contribution in [3.63, 3.8) is 0 Å². The number of aromatic hydroxyl groups is 1. The highest BCUT2D eigenvalue weighted by Crippen LogP contribution is 2.63. The molecule has 3 saturated carbocycles. The summed E-state index contributed by atoms with van der Waals surface area (Å²) < 4.78 is 16.1. The molecular formula is C41H58FNO3. The van der Waals surface area contributed by atoms with E-state index in [0.29, 0.717) is 36.5 Å². The topological polar surface area (TPSA) is 60.8 Å². The highest BCUT2D eigenvalue weighted by molar-refractivity contribution is 5.76. The van der Waals surface area contributed by atoms with Crippen LogP contribution in [0.15, 0.2) is 48.5 Å². The first-order valence-electron chi connectivity index (χ1n) is 18.8. The average molecular weight is 632 g/mol. The summed E-state index contributed by atoms with van der Waals surface area (Å²) in [4.78, 5) is 15.6. The summed E-state index contributed by atoms with van der Waals surface area (Å²) in [5, 5.41) is 21.2. The molecule has 0 spiro atoms. The molecule has 4 aliphatic rings. The number of unbranched alkanes of at least 4 members (excludes halogenated alkanes) is 3. The summed E-state index contributed by atoms with van der Waals surface area (Å²) in [5.74, 6) is 2.12. The quantitative estimate of drug-likeness (QED) is 0.217. The van der Waals surface area contributed by atoms with Crippen LogP contribution in [0.4, 0.5) is 4.39 Å². The largest absolute Gasteiger partial charge is 0.508 e. The van der Waals surface area contributed by atoms with Crippen molar-refractivity contribution in [3.8, 4) is 5.75 Å². The lowest BCUT2D eigenvalue weighted by Gasteiger charge is -2.54. The maximum Gasteiger partial charge on any atom is 0.222 e. The van der Waals surface area contributed by atoms with Crippen molar-refractivity contribution in [3.05, 3.63) is 65.2 Å². The van der Waals surface area contributed by atoms with Gasteiger partial charge in [0, 0.05) is 25.4 Å². The van der Waals surface area contributed by atoms with Crippen molar-refractivity contribution in [1.29, 1.82) is 0 Å². The van der Waals surface area contributed by atoms with Crippen LogP contribution in [0.2, 0.25) is 0 Å². The zero-order valence-electron chi connectivity index (χ0n) is 28.2. The highest BCUT2D eigenvalue weighted by Gasteiger charge is 2.59. The number of phenols is 1. The Kier molecular flexibility index (Phi) is 11.1. The fourth-order valence-electron chi connectivity index (χ4n) is 10.3. The van der Waals surface area contributed by atoms with Gasteiger partial charge in [0.1, 0.15) is 11.9 Å². The Hall–Kier alpha value is -2.40. The standard InChI is InChI=1S/C41H58FNO3/c1-41-27-36(42)40-34-21-20-33(44)26-32(34)25-31(39(40)35(41)22-23-37(41)45)18-10-2-3-11-24-43(28-30-15-8-5-9-16-30)38(46)19-12-17-29-13-6-4-7-14-29/h4,6-7,13-14,20-21,26,30-31,35-37,39-40,44-45H,2-3,5,8-12,15-19,22-25,27-28H2,1H3/t31-,35?,36+,37+,39?,40?,41+/m1/s1. The van der Waals surface area contributed by atoms with Crippen molar-refractivity contribution in [2.24, 2.45) is 29.1 Å². The number of aliphatic hydroxyl groups is 1. The minimum Gasteiger partial charge on any atom is -0.508 e. The van der Waals surface area contributed by atoms with Crippen LogP contribution in [0, 0.1) is 29.1 Å². The number of amides is 1. The van der Waals surface area contributed by atoms with Crippen LogP contribution in [0.1, 0.15) is 126 Å². The summed E-state index contributed by atoms with van der Waals surface area (Å²) in [5.41, 5.74) is 3.20. The minimum atomic E-state index is -0.953. The minimum absolute atomic E-state index is 0.126. The van der Waals surface area contributed by atoms with Crippen LogP contribution in [-0.2, 0) is 17.6 Å². The van der Waals surface area contributed by atoms with E-state index in [9.17, 15) is 15.0 Å². The van der Waals surface area contributed by atoms with Gasteiger partial charge in [0.25, 0.3) is 0 Å². The van der Waals surface area contributed by atoms with Gasteiger partial charge in [0.05, 0.1) is 6.10 Å². The van der Waals surface area contributed by atoms with Crippen LogP contribution in [-0.4, -0.2) is 46.4 Å². The Morgan fingerprint density at radius 1 is 0.957 bits per heavy atom. The number of carbonyl (C=O) groups excluding carboxylic acids is 1. The molecule has 46 heavy (non-hydrogen) atoms. The summed E-state index contributed by atoms with van der Waals surface area (Å²) >= 11 is 0. The molecule has 6 rings (SSSR count). The normalized spacial score (nSPS) is 30.8. The first kappa shape index (κ1) is 33.5. The third-order valence-electron chi connectivity index (χ3n) is 12.8. The lowest BCUT2D eigenvalue weighted by Crippen LogP contribution is -2.51. The number of hydrogen-bond donors (Lipinski definition) is 2. The van der Waals surface area contributed by atoms with Gasteiger partial charge in [-0.25, -0.2) is 4.39 Å². The number of nitrogens with zero attached hydrogens (tertiary/aromatic N) is 1. The van der Waals surface area contributed by atoms with E-state index in [0.717, 1.165) is 88.4 Å². The number of halogens is 1. The molecule has 2 aromatic carbocycles. The highest BCUT2D eigenvalue weighted by atomic mass is 19.1. The average Bonchev–Trinajstić information content (AvgIpc) is 3.35. The molecule has 0 aliphatic heterocycles. The van der Waals surface area contributed by atoms with Crippen molar-refractivity contribution in [2.75, 3.05) is 13.1 Å². The predicted molar refractivity (Wildman–Crippen MR) is 184 cm³/mol. The number of rotatable bonds is 13. The first-order valence-corrected chi connectivity index (χ1v) is 18.8. The SMILES string of the molecule is C[C@]12C[C@H](F)C3c4ccc(O)cc4C[C@@H](CCCCCCN(CC4CCCCC4)C(=O)CCCc4ccccc4)C3C1CC[C@@H]2O. The molecule has 4 nitrogen and oxygen atoms in total. The summed E-state index contributed by atoms with van der Waals surface area (Å²) in [6.07, 6.45) is 16.2. The number of carbonyl (C=O) groups is 1. The molecule has 1 amide bonds. The molecule has 4 aliphatic carbocycles. The number of phenolic OH excluding ortho intramolecular Hbond substituents is 1. The molecule has 2 N–H and O–H groups in total. The van der Waals surface area contributed by atoms with Crippen molar-refractivity contribution in [1.82, 2.24) is 4.90 Å². The van der Waals surface area contributed by atoms with E-state index in [4.69, 9.17) is 0 Å². The Bertz CT molecular complexity index is 1280. The fraction of sp³-hybridized carbons (Fsp3) is 0.683. The molecule has 5 heteroatoms. The van der Waals surface area contributed by atoms with Gasteiger partial charge in [-0.2, -0.15) is 0 Å². The lowest BCUT2D eigenvalue weighted by molar-refractivity contribution is -0.132. The van der Waals surface area contributed by atoms with E-state index in [1.165, 1.54) is 37.7 Å². The number of benzene rings is 2. The molecule has 0 heterocycles. The van der Waals surface area contributed by atoms with E-state index in [2.05, 4.69) is 36.1 Å². The lowest BCUT2D eigenvalue weighted by atomic mass is 9.51. The van der Waals surface area contributed by atoms with Crippen LogP contribution in [0.25, 0.3) is 0 Å². The van der Waals surface area contributed by atoms with Gasteiger partial charge < -0.3 is 15.1 Å². The van der Waals surface area contributed by atoms with E-state index in [1.807, 2.05) is 18.2 Å². The van der Waals surface area contributed by atoms with E-state index in [-0.39, 0.29) is 23.0 Å². The molecule has 3 fully saturated rings. The van der Waals surface area contributed by atoms with Crippen LogP contribution in [0.5, 0.6) is 5.75 Å². The van der Waals surface area contributed by atoms with Crippen molar-refractivity contribution in [2.45, 2.75) is 134 Å². The van der Waals surface area contributed by atoms with Crippen LogP contribution in [0.3, 0.4) is 0 Å².